The first-order valence-electron chi connectivity index (χ1n) is 6.90. The van der Waals surface area contributed by atoms with E-state index >= 15 is 0 Å². The molecule has 0 radical (unpaired) electrons. The third kappa shape index (κ3) is 3.78. The number of piperazine rings is 1. The molecular formula is C13H22N4O3. The van der Waals surface area contributed by atoms with E-state index in [0.29, 0.717) is 18.5 Å². The summed E-state index contributed by atoms with van der Waals surface area (Å²) in [5.74, 6) is 1.22. The summed E-state index contributed by atoms with van der Waals surface area (Å²) in [7, 11) is 0. The molecule has 2 rings (SSSR count). The van der Waals surface area contributed by atoms with Crippen molar-refractivity contribution in [1.29, 1.82) is 0 Å². The van der Waals surface area contributed by atoms with Gasteiger partial charge in [0.2, 0.25) is 5.88 Å². The zero-order valence-electron chi connectivity index (χ0n) is 11.8. The normalized spacial score (nSPS) is 20.1. The average molecular weight is 282 g/mol. The van der Waals surface area contributed by atoms with Crippen molar-refractivity contribution in [2.45, 2.75) is 13.0 Å². The number of rotatable bonds is 6. The SMILES string of the molecule is CC1CN(c2cncc(OCCO)n2)CCN1CCO. The van der Waals surface area contributed by atoms with Gasteiger partial charge in [0.05, 0.1) is 25.6 Å². The molecule has 0 saturated carbocycles. The van der Waals surface area contributed by atoms with Gasteiger partial charge in [0.15, 0.2) is 5.82 Å². The van der Waals surface area contributed by atoms with E-state index in [2.05, 4.69) is 26.7 Å². The summed E-state index contributed by atoms with van der Waals surface area (Å²) in [6.45, 7) is 5.81. The summed E-state index contributed by atoms with van der Waals surface area (Å²) in [5, 5.41) is 17.8. The van der Waals surface area contributed by atoms with Gasteiger partial charge in [-0.25, -0.2) is 0 Å². The number of ether oxygens (including phenoxy) is 1. The van der Waals surface area contributed by atoms with Gasteiger partial charge in [0.1, 0.15) is 6.61 Å². The average Bonchev–Trinajstić information content (AvgIpc) is 2.48. The van der Waals surface area contributed by atoms with Gasteiger partial charge in [0, 0.05) is 32.2 Å². The van der Waals surface area contributed by atoms with E-state index in [1.807, 2.05) is 0 Å². The van der Waals surface area contributed by atoms with Crippen molar-refractivity contribution in [2.24, 2.45) is 0 Å². The third-order valence-electron chi connectivity index (χ3n) is 3.42. The molecule has 0 amide bonds. The lowest BCUT2D eigenvalue weighted by Crippen LogP contribution is -2.52. The molecule has 0 bridgehead atoms. The van der Waals surface area contributed by atoms with Crippen LogP contribution < -0.4 is 9.64 Å². The second kappa shape index (κ2) is 7.37. The topological polar surface area (TPSA) is 82.0 Å². The summed E-state index contributed by atoms with van der Waals surface area (Å²) in [6.07, 6.45) is 3.27. The predicted molar refractivity (Wildman–Crippen MR) is 74.9 cm³/mol. The fraction of sp³-hybridized carbons (Fsp3) is 0.692. The molecule has 7 nitrogen and oxygen atoms in total. The molecule has 0 aliphatic carbocycles. The Bertz CT molecular complexity index is 418. The van der Waals surface area contributed by atoms with E-state index in [-0.39, 0.29) is 19.8 Å². The number of aliphatic hydroxyl groups excluding tert-OH is 2. The number of anilines is 1. The van der Waals surface area contributed by atoms with Gasteiger partial charge in [-0.1, -0.05) is 0 Å². The van der Waals surface area contributed by atoms with Crippen LogP contribution in [-0.4, -0.2) is 77.1 Å². The minimum atomic E-state index is -0.0389. The van der Waals surface area contributed by atoms with Gasteiger partial charge < -0.3 is 19.8 Å². The molecule has 0 aromatic carbocycles. The summed E-state index contributed by atoms with van der Waals surface area (Å²) < 4.78 is 5.28. The highest BCUT2D eigenvalue weighted by Crippen LogP contribution is 2.18. The van der Waals surface area contributed by atoms with E-state index in [1.54, 1.807) is 12.4 Å². The molecule has 1 unspecified atom stereocenters. The van der Waals surface area contributed by atoms with E-state index in [1.165, 1.54) is 0 Å². The lowest BCUT2D eigenvalue weighted by atomic mass is 10.2. The van der Waals surface area contributed by atoms with E-state index in [0.717, 1.165) is 25.5 Å². The van der Waals surface area contributed by atoms with E-state index in [9.17, 15) is 0 Å². The Hall–Kier alpha value is -1.44. The molecule has 0 spiro atoms. The van der Waals surface area contributed by atoms with Crippen molar-refractivity contribution in [1.82, 2.24) is 14.9 Å². The maximum absolute atomic E-state index is 9.02. The smallest absolute Gasteiger partial charge is 0.234 e. The summed E-state index contributed by atoms with van der Waals surface area (Å²) in [5.41, 5.74) is 0. The monoisotopic (exact) mass is 282 g/mol. The first-order valence-corrected chi connectivity index (χ1v) is 6.90. The second-order valence-electron chi connectivity index (χ2n) is 4.84. The molecule has 20 heavy (non-hydrogen) atoms. The number of hydrogen-bond acceptors (Lipinski definition) is 7. The van der Waals surface area contributed by atoms with E-state index in [4.69, 9.17) is 14.9 Å². The van der Waals surface area contributed by atoms with Crippen LogP contribution in [0.15, 0.2) is 12.4 Å². The molecule has 1 aliphatic rings. The van der Waals surface area contributed by atoms with Crippen LogP contribution in [0.1, 0.15) is 6.92 Å². The molecule has 1 aromatic heterocycles. The van der Waals surface area contributed by atoms with Crippen molar-refractivity contribution >= 4 is 5.82 Å². The number of nitrogens with zero attached hydrogens (tertiary/aromatic N) is 4. The molecule has 1 aromatic rings. The standard InChI is InChI=1S/C13H22N4O3/c1-11-10-17(3-2-16(11)4-5-18)12-8-14-9-13(15-12)20-7-6-19/h8-9,11,18-19H,2-7,10H2,1H3. The number of β-amino-alcohol motifs (C(OH)–C–C–N with tert-alkyl or cyclic N) is 1. The van der Waals surface area contributed by atoms with Gasteiger partial charge in [-0.15, -0.1) is 0 Å². The Morgan fingerprint density at radius 1 is 1.30 bits per heavy atom. The van der Waals surface area contributed by atoms with Crippen molar-refractivity contribution in [3.63, 3.8) is 0 Å². The van der Waals surface area contributed by atoms with Crippen LogP contribution in [0.5, 0.6) is 5.88 Å². The van der Waals surface area contributed by atoms with Crippen LogP contribution in [0, 0.1) is 0 Å². The second-order valence-corrected chi connectivity index (χ2v) is 4.84. The van der Waals surface area contributed by atoms with Gasteiger partial charge >= 0.3 is 0 Å². The molecule has 1 fully saturated rings. The minimum absolute atomic E-state index is 0.0389. The van der Waals surface area contributed by atoms with Crippen LogP contribution in [0.2, 0.25) is 0 Å². The molecule has 1 atom stereocenters. The zero-order chi connectivity index (χ0) is 14.4. The molecule has 2 N–H and O–H groups in total. The molecule has 2 heterocycles. The Balaban J connectivity index is 1.98. The molecule has 7 heteroatoms. The first kappa shape index (κ1) is 15.0. The maximum atomic E-state index is 9.02. The minimum Gasteiger partial charge on any atom is -0.474 e. The predicted octanol–water partition coefficient (Wildman–Crippen LogP) is -0.649. The molecule has 1 aliphatic heterocycles. The fourth-order valence-corrected chi connectivity index (χ4v) is 2.37. The third-order valence-corrected chi connectivity index (χ3v) is 3.42. The molecular weight excluding hydrogens is 260 g/mol. The maximum Gasteiger partial charge on any atom is 0.234 e. The van der Waals surface area contributed by atoms with Crippen LogP contribution in [0.25, 0.3) is 0 Å². The van der Waals surface area contributed by atoms with Crippen molar-refractivity contribution in [2.75, 3.05) is 50.9 Å². The quantitative estimate of drug-likeness (QED) is 0.717. The Morgan fingerprint density at radius 2 is 2.15 bits per heavy atom. The van der Waals surface area contributed by atoms with Crippen LogP contribution in [0.3, 0.4) is 0 Å². The van der Waals surface area contributed by atoms with Crippen LogP contribution in [0.4, 0.5) is 5.82 Å². The van der Waals surface area contributed by atoms with Gasteiger partial charge in [-0.05, 0) is 6.92 Å². The van der Waals surface area contributed by atoms with Crippen LogP contribution >= 0.6 is 0 Å². The highest BCUT2D eigenvalue weighted by Gasteiger charge is 2.24. The van der Waals surface area contributed by atoms with Crippen molar-refractivity contribution in [3.8, 4) is 5.88 Å². The van der Waals surface area contributed by atoms with Crippen molar-refractivity contribution < 1.29 is 14.9 Å². The van der Waals surface area contributed by atoms with Gasteiger partial charge in [-0.3, -0.25) is 9.88 Å². The van der Waals surface area contributed by atoms with Gasteiger partial charge in [-0.2, -0.15) is 4.98 Å². The van der Waals surface area contributed by atoms with Gasteiger partial charge in [0.25, 0.3) is 0 Å². The summed E-state index contributed by atoms with van der Waals surface area (Å²) in [6, 6.07) is 0.361. The summed E-state index contributed by atoms with van der Waals surface area (Å²) >= 11 is 0. The highest BCUT2D eigenvalue weighted by atomic mass is 16.5. The fourth-order valence-electron chi connectivity index (χ4n) is 2.37. The molecule has 112 valence electrons. The number of hydrogen-bond donors (Lipinski definition) is 2. The van der Waals surface area contributed by atoms with Crippen molar-refractivity contribution in [3.05, 3.63) is 12.4 Å². The molecule has 1 saturated heterocycles. The van der Waals surface area contributed by atoms with Crippen LogP contribution in [-0.2, 0) is 0 Å². The number of aromatic nitrogens is 2. The lowest BCUT2D eigenvalue weighted by molar-refractivity contribution is 0.146. The zero-order valence-corrected chi connectivity index (χ0v) is 11.8. The Labute approximate surface area is 118 Å². The first-order chi connectivity index (χ1) is 9.74. The number of aliphatic hydroxyl groups is 2. The lowest BCUT2D eigenvalue weighted by Gasteiger charge is -2.40. The van der Waals surface area contributed by atoms with E-state index < -0.39 is 0 Å². The Kier molecular flexibility index (Phi) is 5.51. The highest BCUT2D eigenvalue weighted by molar-refractivity contribution is 5.38. The largest absolute Gasteiger partial charge is 0.474 e. The summed E-state index contributed by atoms with van der Waals surface area (Å²) in [4.78, 5) is 13.0. The Morgan fingerprint density at radius 3 is 2.85 bits per heavy atom.